The number of fused-ring (bicyclic) bond motifs is 1. The number of rotatable bonds is 6. The number of nitrogens with zero attached hydrogens (tertiary/aromatic N) is 3. The van der Waals surface area contributed by atoms with Crippen LogP contribution in [0.3, 0.4) is 0 Å². The summed E-state index contributed by atoms with van der Waals surface area (Å²) in [5.41, 5.74) is 0.980. The van der Waals surface area contributed by atoms with Crippen LogP contribution in [-0.4, -0.2) is 38.6 Å². The van der Waals surface area contributed by atoms with E-state index >= 15 is 0 Å². The SMILES string of the molecule is CC(C)N(C(=O)CSc1nc(C2CC2)nc2ccccc12)C(C)C. The monoisotopic (exact) mass is 343 g/mol. The van der Waals surface area contributed by atoms with Gasteiger partial charge in [-0.05, 0) is 46.6 Å². The topological polar surface area (TPSA) is 46.1 Å². The Morgan fingerprint density at radius 1 is 1.17 bits per heavy atom. The lowest BCUT2D eigenvalue weighted by molar-refractivity contribution is -0.131. The number of aromatic nitrogens is 2. The van der Waals surface area contributed by atoms with Gasteiger partial charge in [-0.15, -0.1) is 0 Å². The van der Waals surface area contributed by atoms with Gasteiger partial charge in [0.25, 0.3) is 0 Å². The number of carbonyl (C=O) groups excluding carboxylic acids is 1. The van der Waals surface area contributed by atoms with Crippen molar-refractivity contribution < 1.29 is 4.79 Å². The highest BCUT2D eigenvalue weighted by Gasteiger charge is 2.28. The van der Waals surface area contributed by atoms with E-state index in [2.05, 4.69) is 27.7 Å². The standard InChI is InChI=1S/C19H25N3OS/c1-12(2)22(13(3)4)17(23)11-24-19-15-7-5-6-8-16(15)20-18(21-19)14-9-10-14/h5-8,12-14H,9-11H2,1-4H3. The molecule has 1 heterocycles. The Morgan fingerprint density at radius 3 is 2.46 bits per heavy atom. The summed E-state index contributed by atoms with van der Waals surface area (Å²) in [5.74, 6) is 2.03. The molecule has 0 atom stereocenters. The number of benzene rings is 1. The molecule has 0 unspecified atom stereocenters. The van der Waals surface area contributed by atoms with Crippen molar-refractivity contribution in [2.45, 2.75) is 63.6 Å². The molecule has 4 nitrogen and oxygen atoms in total. The largest absolute Gasteiger partial charge is 0.337 e. The summed E-state index contributed by atoms with van der Waals surface area (Å²) < 4.78 is 0. The van der Waals surface area contributed by atoms with Crippen molar-refractivity contribution in [3.8, 4) is 0 Å². The predicted molar refractivity (Wildman–Crippen MR) is 99.4 cm³/mol. The van der Waals surface area contributed by atoms with E-state index in [9.17, 15) is 4.79 Å². The van der Waals surface area contributed by atoms with Crippen LogP contribution in [0.4, 0.5) is 0 Å². The third kappa shape index (κ3) is 3.72. The quantitative estimate of drug-likeness (QED) is 0.581. The zero-order chi connectivity index (χ0) is 17.3. The molecule has 1 saturated carbocycles. The molecule has 128 valence electrons. The molecule has 1 amide bonds. The normalized spacial score (nSPS) is 14.6. The molecule has 0 saturated heterocycles. The summed E-state index contributed by atoms with van der Waals surface area (Å²) in [7, 11) is 0. The molecule has 1 aromatic heterocycles. The van der Waals surface area contributed by atoms with Gasteiger partial charge in [0.2, 0.25) is 5.91 Å². The van der Waals surface area contributed by atoms with Crippen molar-refractivity contribution in [2.24, 2.45) is 0 Å². The van der Waals surface area contributed by atoms with E-state index in [-0.39, 0.29) is 18.0 Å². The maximum absolute atomic E-state index is 12.6. The van der Waals surface area contributed by atoms with E-state index in [1.165, 1.54) is 24.6 Å². The maximum atomic E-state index is 12.6. The van der Waals surface area contributed by atoms with Crippen LogP contribution in [0.5, 0.6) is 0 Å². The van der Waals surface area contributed by atoms with Crippen LogP contribution in [-0.2, 0) is 4.79 Å². The van der Waals surface area contributed by atoms with Crippen LogP contribution in [0.1, 0.15) is 52.3 Å². The van der Waals surface area contributed by atoms with Gasteiger partial charge in [0, 0.05) is 23.4 Å². The average molecular weight is 343 g/mol. The number of carbonyl (C=O) groups is 1. The molecule has 0 bridgehead atoms. The molecule has 1 aliphatic rings. The van der Waals surface area contributed by atoms with Crippen molar-refractivity contribution >= 4 is 28.6 Å². The van der Waals surface area contributed by atoms with E-state index in [0.29, 0.717) is 11.7 Å². The first-order valence-corrected chi connectivity index (χ1v) is 9.66. The summed E-state index contributed by atoms with van der Waals surface area (Å²) in [6, 6.07) is 8.50. The first kappa shape index (κ1) is 17.2. The number of hydrogen-bond acceptors (Lipinski definition) is 4. The second-order valence-electron chi connectivity index (χ2n) is 6.96. The van der Waals surface area contributed by atoms with Gasteiger partial charge in [-0.2, -0.15) is 0 Å². The van der Waals surface area contributed by atoms with Gasteiger partial charge in [0.05, 0.1) is 11.3 Å². The lowest BCUT2D eigenvalue weighted by atomic mass is 10.2. The average Bonchev–Trinajstić information content (AvgIpc) is 3.36. The molecule has 0 spiro atoms. The highest BCUT2D eigenvalue weighted by Crippen LogP contribution is 2.39. The predicted octanol–water partition coefficient (Wildman–Crippen LogP) is 4.24. The third-order valence-electron chi connectivity index (χ3n) is 4.26. The first-order chi connectivity index (χ1) is 11.5. The number of para-hydroxylation sites is 1. The lowest BCUT2D eigenvalue weighted by Crippen LogP contribution is -2.43. The molecular formula is C19H25N3OS. The molecule has 0 aliphatic heterocycles. The van der Waals surface area contributed by atoms with Crippen molar-refractivity contribution in [1.29, 1.82) is 0 Å². The van der Waals surface area contributed by atoms with Crippen LogP contribution in [0.15, 0.2) is 29.3 Å². The smallest absolute Gasteiger partial charge is 0.233 e. The number of hydrogen-bond donors (Lipinski definition) is 0. The first-order valence-electron chi connectivity index (χ1n) is 8.68. The van der Waals surface area contributed by atoms with E-state index in [1.807, 2.05) is 29.2 Å². The summed E-state index contributed by atoms with van der Waals surface area (Å²) in [4.78, 5) is 24.0. The molecule has 0 radical (unpaired) electrons. The van der Waals surface area contributed by atoms with Gasteiger partial charge >= 0.3 is 0 Å². The van der Waals surface area contributed by atoms with E-state index in [1.54, 1.807) is 0 Å². The highest BCUT2D eigenvalue weighted by molar-refractivity contribution is 8.00. The van der Waals surface area contributed by atoms with Crippen LogP contribution in [0.25, 0.3) is 10.9 Å². The van der Waals surface area contributed by atoms with Gasteiger partial charge in [0.1, 0.15) is 10.9 Å². The fourth-order valence-corrected chi connectivity index (χ4v) is 3.97. The van der Waals surface area contributed by atoms with E-state index < -0.39 is 0 Å². The minimum Gasteiger partial charge on any atom is -0.337 e. The Balaban J connectivity index is 1.83. The zero-order valence-corrected chi connectivity index (χ0v) is 15.6. The lowest BCUT2D eigenvalue weighted by Gasteiger charge is -2.30. The molecule has 1 aromatic carbocycles. The minimum absolute atomic E-state index is 0.167. The fraction of sp³-hybridized carbons (Fsp3) is 0.526. The summed E-state index contributed by atoms with van der Waals surface area (Å²) in [5, 5.41) is 1.98. The van der Waals surface area contributed by atoms with Crippen molar-refractivity contribution in [3.63, 3.8) is 0 Å². The maximum Gasteiger partial charge on any atom is 0.233 e. The van der Waals surface area contributed by atoms with Crippen LogP contribution < -0.4 is 0 Å². The molecule has 3 rings (SSSR count). The zero-order valence-electron chi connectivity index (χ0n) is 14.8. The molecular weight excluding hydrogens is 318 g/mol. The molecule has 0 N–H and O–H groups in total. The highest BCUT2D eigenvalue weighted by atomic mass is 32.2. The minimum atomic E-state index is 0.167. The fourth-order valence-electron chi connectivity index (χ4n) is 3.08. The van der Waals surface area contributed by atoms with Gasteiger partial charge in [-0.3, -0.25) is 4.79 Å². The second-order valence-corrected chi connectivity index (χ2v) is 7.92. The van der Waals surface area contributed by atoms with E-state index in [0.717, 1.165) is 21.8 Å². The summed E-state index contributed by atoms with van der Waals surface area (Å²) in [6.45, 7) is 8.25. The van der Waals surface area contributed by atoms with E-state index in [4.69, 9.17) is 9.97 Å². The molecule has 1 aliphatic carbocycles. The van der Waals surface area contributed by atoms with Crippen LogP contribution in [0, 0.1) is 0 Å². The summed E-state index contributed by atoms with van der Waals surface area (Å²) >= 11 is 1.54. The van der Waals surface area contributed by atoms with Gasteiger partial charge in [-0.1, -0.05) is 30.0 Å². The Labute approximate surface area is 148 Å². The number of thioether (sulfide) groups is 1. The van der Waals surface area contributed by atoms with Crippen molar-refractivity contribution in [2.75, 3.05) is 5.75 Å². The Morgan fingerprint density at radius 2 is 1.83 bits per heavy atom. The Hall–Kier alpha value is -1.62. The molecule has 24 heavy (non-hydrogen) atoms. The molecule has 2 aromatic rings. The van der Waals surface area contributed by atoms with Gasteiger partial charge in [-0.25, -0.2) is 9.97 Å². The Bertz CT molecular complexity index is 732. The number of amides is 1. The Kier molecular flexibility index (Phi) is 5.09. The second kappa shape index (κ2) is 7.09. The van der Waals surface area contributed by atoms with Crippen LogP contribution in [0.2, 0.25) is 0 Å². The third-order valence-corrected chi connectivity index (χ3v) is 5.24. The van der Waals surface area contributed by atoms with Crippen molar-refractivity contribution in [1.82, 2.24) is 14.9 Å². The molecule has 1 fully saturated rings. The van der Waals surface area contributed by atoms with Crippen LogP contribution >= 0.6 is 11.8 Å². The van der Waals surface area contributed by atoms with Gasteiger partial charge in [0.15, 0.2) is 0 Å². The van der Waals surface area contributed by atoms with Crippen molar-refractivity contribution in [3.05, 3.63) is 30.1 Å². The van der Waals surface area contributed by atoms with Gasteiger partial charge < -0.3 is 4.90 Å². The molecule has 5 heteroatoms. The summed E-state index contributed by atoms with van der Waals surface area (Å²) in [6.07, 6.45) is 2.35.